The molecule has 2 aromatic rings. The first-order valence-corrected chi connectivity index (χ1v) is 6.32. The molecule has 1 atom stereocenters. The summed E-state index contributed by atoms with van der Waals surface area (Å²) in [5.41, 5.74) is 0.953. The first-order valence-electron chi connectivity index (χ1n) is 5.94. The van der Waals surface area contributed by atoms with Crippen LogP contribution in [0.4, 0.5) is 0 Å². The molecule has 106 valence electrons. The monoisotopic (exact) mass is 295 g/mol. The first kappa shape index (κ1) is 14.4. The summed E-state index contributed by atoms with van der Waals surface area (Å²) in [6.45, 7) is 2.27. The maximum Gasteiger partial charge on any atom is 0.253 e. The van der Waals surface area contributed by atoms with E-state index in [4.69, 9.17) is 16.3 Å². The lowest BCUT2D eigenvalue weighted by molar-refractivity contribution is 0.0905. The third kappa shape index (κ3) is 3.31. The van der Waals surface area contributed by atoms with Crippen molar-refractivity contribution in [2.45, 2.75) is 13.0 Å². The van der Waals surface area contributed by atoms with Gasteiger partial charge in [-0.2, -0.15) is 4.68 Å². The normalized spacial score (nSPS) is 12.2. The summed E-state index contributed by atoms with van der Waals surface area (Å²) in [4.78, 5) is 12.3. The molecule has 1 aromatic heterocycles. The highest BCUT2D eigenvalue weighted by molar-refractivity contribution is 6.31. The van der Waals surface area contributed by atoms with E-state index in [0.717, 1.165) is 0 Å². The highest BCUT2D eigenvalue weighted by Gasteiger charge is 2.16. The van der Waals surface area contributed by atoms with Crippen LogP contribution in [0.1, 0.15) is 17.3 Å². The molecule has 0 aliphatic rings. The summed E-state index contributed by atoms with van der Waals surface area (Å²) in [5.74, 6) is -0.262. The lowest BCUT2D eigenvalue weighted by Crippen LogP contribution is -2.36. The van der Waals surface area contributed by atoms with Gasteiger partial charge in [-0.25, -0.2) is 0 Å². The summed E-state index contributed by atoms with van der Waals surface area (Å²) < 4.78 is 6.40. The first-order chi connectivity index (χ1) is 9.61. The number of nitrogens with one attached hydrogen (secondary N) is 1. The van der Waals surface area contributed by atoms with Gasteiger partial charge >= 0.3 is 0 Å². The predicted octanol–water partition coefficient (Wildman–Crippen LogP) is 1.08. The van der Waals surface area contributed by atoms with Gasteiger partial charge in [0.15, 0.2) is 0 Å². The van der Waals surface area contributed by atoms with Gasteiger partial charge in [-0.15, -0.1) is 5.10 Å². The highest BCUT2D eigenvalue weighted by atomic mass is 35.5. The van der Waals surface area contributed by atoms with Crippen molar-refractivity contribution in [3.63, 3.8) is 0 Å². The number of hydrogen-bond acceptors (Lipinski definition) is 5. The summed E-state index contributed by atoms with van der Waals surface area (Å²) in [6.07, 6.45) is 1.42. The minimum Gasteiger partial charge on any atom is -0.383 e. The molecule has 0 aliphatic carbocycles. The van der Waals surface area contributed by atoms with Crippen LogP contribution in [0.2, 0.25) is 5.02 Å². The molecule has 20 heavy (non-hydrogen) atoms. The van der Waals surface area contributed by atoms with Crippen molar-refractivity contribution in [3.05, 3.63) is 35.1 Å². The van der Waals surface area contributed by atoms with E-state index in [1.54, 1.807) is 25.3 Å². The van der Waals surface area contributed by atoms with Gasteiger partial charge in [-0.1, -0.05) is 11.6 Å². The molecule has 0 unspecified atom stereocenters. The average Bonchev–Trinajstić information content (AvgIpc) is 2.92. The van der Waals surface area contributed by atoms with Crippen LogP contribution in [-0.2, 0) is 4.74 Å². The fourth-order valence-electron chi connectivity index (χ4n) is 1.75. The molecule has 0 spiro atoms. The Hall–Kier alpha value is -1.99. The van der Waals surface area contributed by atoms with Crippen LogP contribution in [0, 0.1) is 0 Å². The van der Waals surface area contributed by atoms with Crippen molar-refractivity contribution >= 4 is 17.5 Å². The number of hydrogen-bond donors (Lipinski definition) is 1. The van der Waals surface area contributed by atoms with Gasteiger partial charge < -0.3 is 10.1 Å². The zero-order valence-corrected chi connectivity index (χ0v) is 11.8. The Morgan fingerprint density at radius 3 is 3.00 bits per heavy atom. The SMILES string of the molecule is COC[C@@H](C)NC(=O)c1cc(Cl)ccc1-n1cnnn1. The minimum atomic E-state index is -0.262. The Balaban J connectivity index is 2.30. The fraction of sp³-hybridized carbons (Fsp3) is 0.333. The van der Waals surface area contributed by atoms with Gasteiger partial charge in [0, 0.05) is 18.2 Å². The number of ether oxygens (including phenoxy) is 1. The van der Waals surface area contributed by atoms with E-state index < -0.39 is 0 Å². The van der Waals surface area contributed by atoms with Gasteiger partial charge in [0.2, 0.25) is 0 Å². The zero-order valence-electron chi connectivity index (χ0n) is 11.1. The highest BCUT2D eigenvalue weighted by Crippen LogP contribution is 2.19. The molecule has 8 heteroatoms. The number of carbonyl (C=O) groups excluding carboxylic acids is 1. The maximum absolute atomic E-state index is 12.3. The number of carbonyl (C=O) groups is 1. The Bertz CT molecular complexity index is 588. The van der Waals surface area contributed by atoms with Crippen molar-refractivity contribution in [1.82, 2.24) is 25.5 Å². The second-order valence-electron chi connectivity index (χ2n) is 4.25. The number of nitrogens with zero attached hydrogens (tertiary/aromatic N) is 4. The molecule has 1 heterocycles. The van der Waals surface area contributed by atoms with Crippen LogP contribution >= 0.6 is 11.6 Å². The van der Waals surface area contributed by atoms with Gasteiger partial charge in [-0.05, 0) is 35.5 Å². The molecule has 0 saturated carbocycles. The summed E-state index contributed by atoms with van der Waals surface area (Å²) >= 11 is 5.95. The Morgan fingerprint density at radius 2 is 2.35 bits per heavy atom. The predicted molar refractivity (Wildman–Crippen MR) is 73.0 cm³/mol. The summed E-state index contributed by atoms with van der Waals surface area (Å²) in [6, 6.07) is 4.82. The number of aromatic nitrogens is 4. The zero-order chi connectivity index (χ0) is 14.5. The van der Waals surface area contributed by atoms with Crippen LogP contribution in [0.15, 0.2) is 24.5 Å². The van der Waals surface area contributed by atoms with Crippen molar-refractivity contribution < 1.29 is 9.53 Å². The smallest absolute Gasteiger partial charge is 0.253 e. The Labute approximate surface area is 120 Å². The third-order valence-corrected chi connectivity index (χ3v) is 2.83. The van der Waals surface area contributed by atoms with Crippen molar-refractivity contribution in [1.29, 1.82) is 0 Å². The molecule has 0 aliphatic heterocycles. The second-order valence-corrected chi connectivity index (χ2v) is 4.68. The van der Waals surface area contributed by atoms with Crippen molar-refractivity contribution in [2.75, 3.05) is 13.7 Å². The van der Waals surface area contributed by atoms with Gasteiger partial charge in [-0.3, -0.25) is 4.79 Å². The minimum absolute atomic E-state index is 0.117. The summed E-state index contributed by atoms with van der Waals surface area (Å²) in [7, 11) is 1.58. The average molecular weight is 296 g/mol. The van der Waals surface area contributed by atoms with E-state index in [1.165, 1.54) is 11.0 Å². The van der Waals surface area contributed by atoms with E-state index in [9.17, 15) is 4.79 Å². The molecule has 0 saturated heterocycles. The molecule has 1 amide bonds. The molecular weight excluding hydrogens is 282 g/mol. The number of rotatable bonds is 5. The molecule has 1 N–H and O–H groups in total. The molecule has 1 aromatic carbocycles. The Morgan fingerprint density at radius 1 is 1.55 bits per heavy atom. The van der Waals surface area contributed by atoms with E-state index in [2.05, 4.69) is 20.8 Å². The van der Waals surface area contributed by atoms with E-state index >= 15 is 0 Å². The molecular formula is C12H14ClN5O2. The quantitative estimate of drug-likeness (QED) is 0.892. The molecule has 0 bridgehead atoms. The lowest BCUT2D eigenvalue weighted by atomic mass is 10.1. The number of benzene rings is 1. The molecule has 0 radical (unpaired) electrons. The molecule has 2 rings (SSSR count). The standard InChI is InChI=1S/C12H14ClN5O2/c1-8(6-20-2)15-12(19)10-5-9(13)3-4-11(10)18-7-14-16-17-18/h3-5,7-8H,6H2,1-2H3,(H,15,19)/t8-/m1/s1. The van der Waals surface area contributed by atoms with Gasteiger partial charge in [0.25, 0.3) is 5.91 Å². The Kier molecular flexibility index (Phi) is 4.65. The van der Waals surface area contributed by atoms with Crippen LogP contribution in [-0.4, -0.2) is 45.9 Å². The van der Waals surface area contributed by atoms with E-state index in [1.807, 2.05) is 6.92 Å². The number of methoxy groups -OCH3 is 1. The second kappa shape index (κ2) is 6.44. The van der Waals surface area contributed by atoms with Crippen LogP contribution in [0.5, 0.6) is 0 Å². The van der Waals surface area contributed by atoms with Crippen LogP contribution in [0.3, 0.4) is 0 Å². The number of amides is 1. The van der Waals surface area contributed by atoms with Crippen LogP contribution in [0.25, 0.3) is 5.69 Å². The summed E-state index contributed by atoms with van der Waals surface area (Å²) in [5, 5.41) is 14.2. The van der Waals surface area contributed by atoms with Gasteiger partial charge in [0.1, 0.15) is 6.33 Å². The fourth-order valence-corrected chi connectivity index (χ4v) is 1.93. The van der Waals surface area contributed by atoms with Crippen LogP contribution < -0.4 is 5.32 Å². The van der Waals surface area contributed by atoms with Crippen molar-refractivity contribution in [3.8, 4) is 5.69 Å². The topological polar surface area (TPSA) is 81.9 Å². The lowest BCUT2D eigenvalue weighted by Gasteiger charge is -2.14. The number of tetrazole rings is 1. The van der Waals surface area contributed by atoms with Crippen molar-refractivity contribution in [2.24, 2.45) is 0 Å². The molecule has 7 nitrogen and oxygen atoms in total. The van der Waals surface area contributed by atoms with Gasteiger partial charge in [0.05, 0.1) is 17.9 Å². The third-order valence-electron chi connectivity index (χ3n) is 2.59. The molecule has 0 fully saturated rings. The van der Waals surface area contributed by atoms with E-state index in [-0.39, 0.29) is 11.9 Å². The van der Waals surface area contributed by atoms with E-state index in [0.29, 0.717) is 22.9 Å². The largest absolute Gasteiger partial charge is 0.383 e. The number of halogens is 1. The maximum atomic E-state index is 12.3.